The van der Waals surface area contributed by atoms with Gasteiger partial charge in [0.2, 0.25) is 0 Å². The van der Waals surface area contributed by atoms with Crippen LogP contribution in [0.2, 0.25) is 0 Å². The summed E-state index contributed by atoms with van der Waals surface area (Å²) in [5.74, 6) is 0. The predicted molar refractivity (Wildman–Crippen MR) is 73.2 cm³/mol. The quantitative estimate of drug-likeness (QED) is 0.456. The third-order valence-electron chi connectivity index (χ3n) is 1.39. The molecule has 0 N–H and O–H groups in total. The zero-order valence-electron chi connectivity index (χ0n) is 12.2. The number of allylic oxidation sites excluding steroid dienone is 4. The lowest BCUT2D eigenvalue weighted by atomic mass is 9.94. The van der Waals surface area contributed by atoms with Crippen molar-refractivity contribution in [3.05, 3.63) is 23.8 Å². The molecule has 0 spiro atoms. The molecule has 15 heavy (non-hydrogen) atoms. The fraction of sp³-hybridized carbons (Fsp3) is 0.733. The van der Waals surface area contributed by atoms with Crippen molar-refractivity contribution in [2.45, 2.75) is 62.3 Å². The maximum absolute atomic E-state index is 2.27. The van der Waals surface area contributed by atoms with E-state index in [9.17, 15) is 0 Å². The normalized spacial score (nSPS) is 12.1. The Morgan fingerprint density at radius 2 is 1.20 bits per heavy atom. The molecule has 0 heterocycles. The molecule has 0 radical (unpaired) electrons. The number of hydrogen-bond acceptors (Lipinski definition) is 0. The summed E-state index contributed by atoms with van der Waals surface area (Å²) in [4.78, 5) is 0. The first-order valence-electron chi connectivity index (χ1n) is 5.78. The Hall–Kier alpha value is -0.520. The maximum Gasteiger partial charge on any atom is -0.0201 e. The average molecular weight is 210 g/mol. The lowest BCUT2D eigenvalue weighted by molar-refractivity contribution is 0.540. The Morgan fingerprint density at radius 1 is 0.800 bits per heavy atom. The van der Waals surface area contributed by atoms with Crippen LogP contribution in [0.25, 0.3) is 0 Å². The SMILES string of the molecule is C/C=C/C(C)(C)C.CC(C)=CC(C)(C)C. The van der Waals surface area contributed by atoms with Crippen LogP contribution in [0.3, 0.4) is 0 Å². The monoisotopic (exact) mass is 210 g/mol. The Kier molecular flexibility index (Phi) is 7.74. The van der Waals surface area contributed by atoms with Crippen molar-refractivity contribution >= 4 is 0 Å². The standard InChI is InChI=1S/C8H16.C7H14/c1-7(2)6-8(3,4)5;1-5-6-7(2,3)4/h6H,1-5H3;5-6H,1-4H3/b;6-5+. The first-order chi connectivity index (χ1) is 6.48. The molecule has 0 fully saturated rings. The van der Waals surface area contributed by atoms with Gasteiger partial charge >= 0.3 is 0 Å². The van der Waals surface area contributed by atoms with Crippen LogP contribution in [-0.2, 0) is 0 Å². The summed E-state index contributed by atoms with van der Waals surface area (Å²) in [6, 6.07) is 0. The van der Waals surface area contributed by atoms with Gasteiger partial charge < -0.3 is 0 Å². The van der Waals surface area contributed by atoms with Gasteiger partial charge in [-0.15, -0.1) is 0 Å². The van der Waals surface area contributed by atoms with E-state index in [1.807, 2.05) is 6.92 Å². The highest BCUT2D eigenvalue weighted by Gasteiger charge is 2.03. The highest BCUT2D eigenvalue weighted by Crippen LogP contribution is 2.16. The third-order valence-corrected chi connectivity index (χ3v) is 1.39. The molecule has 0 aliphatic carbocycles. The lowest BCUT2D eigenvalue weighted by Crippen LogP contribution is -1.99. The Labute approximate surface area is 97.5 Å². The van der Waals surface area contributed by atoms with Crippen LogP contribution in [0.4, 0.5) is 0 Å². The van der Waals surface area contributed by atoms with Crippen molar-refractivity contribution < 1.29 is 0 Å². The van der Waals surface area contributed by atoms with Gasteiger partial charge in [-0.3, -0.25) is 0 Å². The van der Waals surface area contributed by atoms with Gasteiger partial charge in [0.05, 0.1) is 0 Å². The van der Waals surface area contributed by atoms with Crippen LogP contribution < -0.4 is 0 Å². The minimum Gasteiger partial charge on any atom is -0.0911 e. The summed E-state index contributed by atoms with van der Waals surface area (Å²) in [7, 11) is 0. The first-order valence-corrected chi connectivity index (χ1v) is 5.78. The highest BCUT2D eigenvalue weighted by atomic mass is 14.1. The minimum absolute atomic E-state index is 0.360. The van der Waals surface area contributed by atoms with Crippen molar-refractivity contribution in [2.75, 3.05) is 0 Å². The van der Waals surface area contributed by atoms with Crippen LogP contribution in [0.5, 0.6) is 0 Å². The van der Waals surface area contributed by atoms with Gasteiger partial charge in [0.1, 0.15) is 0 Å². The molecule has 0 aliphatic rings. The molecule has 0 unspecified atom stereocenters. The van der Waals surface area contributed by atoms with Crippen LogP contribution in [0, 0.1) is 10.8 Å². The van der Waals surface area contributed by atoms with E-state index in [1.165, 1.54) is 5.57 Å². The van der Waals surface area contributed by atoms with Gasteiger partial charge in [-0.25, -0.2) is 0 Å². The van der Waals surface area contributed by atoms with Gasteiger partial charge in [0, 0.05) is 0 Å². The van der Waals surface area contributed by atoms with Crippen LogP contribution >= 0.6 is 0 Å². The molecule has 0 heteroatoms. The highest BCUT2D eigenvalue weighted by molar-refractivity contribution is 5.00. The van der Waals surface area contributed by atoms with E-state index in [0.717, 1.165) is 0 Å². The van der Waals surface area contributed by atoms with Crippen molar-refractivity contribution in [1.29, 1.82) is 0 Å². The average Bonchev–Trinajstić information content (AvgIpc) is 1.77. The summed E-state index contributed by atoms with van der Waals surface area (Å²) >= 11 is 0. The van der Waals surface area contributed by atoms with Gasteiger partial charge in [0.15, 0.2) is 0 Å². The molecule has 90 valence electrons. The molecule has 0 saturated heterocycles. The molecule has 0 aliphatic heterocycles. The van der Waals surface area contributed by atoms with Crippen molar-refractivity contribution in [3.63, 3.8) is 0 Å². The molecule has 0 aromatic carbocycles. The van der Waals surface area contributed by atoms with E-state index in [0.29, 0.717) is 10.8 Å². The first kappa shape index (κ1) is 16.9. The predicted octanol–water partition coefficient (Wildman–Crippen LogP) is 5.61. The zero-order valence-corrected chi connectivity index (χ0v) is 12.2. The third kappa shape index (κ3) is 24.7. The molecule has 0 bridgehead atoms. The van der Waals surface area contributed by atoms with Crippen molar-refractivity contribution in [3.8, 4) is 0 Å². The molecule has 0 aromatic heterocycles. The summed E-state index contributed by atoms with van der Waals surface area (Å²) in [6.45, 7) is 19.5. The van der Waals surface area contributed by atoms with Crippen LogP contribution in [-0.4, -0.2) is 0 Å². The summed E-state index contributed by atoms with van der Waals surface area (Å²) < 4.78 is 0. The molecule has 0 rings (SSSR count). The molecular weight excluding hydrogens is 180 g/mol. The molecule has 0 nitrogen and oxygen atoms in total. The fourth-order valence-corrected chi connectivity index (χ4v) is 1.37. The smallest absolute Gasteiger partial charge is 0.0201 e. The summed E-state index contributed by atoms with van der Waals surface area (Å²) in [6.07, 6.45) is 6.54. The van der Waals surface area contributed by atoms with E-state index in [2.05, 4.69) is 73.6 Å². The van der Waals surface area contributed by atoms with Crippen LogP contribution in [0.1, 0.15) is 62.3 Å². The van der Waals surface area contributed by atoms with E-state index >= 15 is 0 Å². The Bertz CT molecular complexity index is 199. The molecular formula is C15H30. The van der Waals surface area contributed by atoms with E-state index in [1.54, 1.807) is 0 Å². The minimum atomic E-state index is 0.360. The topological polar surface area (TPSA) is 0 Å². The largest absolute Gasteiger partial charge is 0.0911 e. The van der Waals surface area contributed by atoms with Gasteiger partial charge in [0.25, 0.3) is 0 Å². The molecule has 0 atom stereocenters. The van der Waals surface area contributed by atoms with Crippen molar-refractivity contribution in [1.82, 2.24) is 0 Å². The van der Waals surface area contributed by atoms with Crippen molar-refractivity contribution in [2.24, 2.45) is 10.8 Å². The van der Waals surface area contributed by atoms with E-state index in [4.69, 9.17) is 0 Å². The second kappa shape index (κ2) is 6.87. The van der Waals surface area contributed by atoms with Crippen LogP contribution in [0.15, 0.2) is 23.8 Å². The number of hydrogen-bond donors (Lipinski definition) is 0. The summed E-state index contributed by atoms with van der Waals surface area (Å²) in [5.41, 5.74) is 2.13. The molecule has 0 aromatic rings. The van der Waals surface area contributed by atoms with E-state index in [-0.39, 0.29) is 0 Å². The number of rotatable bonds is 0. The molecule has 0 saturated carbocycles. The Morgan fingerprint density at radius 3 is 1.20 bits per heavy atom. The van der Waals surface area contributed by atoms with E-state index < -0.39 is 0 Å². The van der Waals surface area contributed by atoms with Gasteiger partial charge in [-0.05, 0) is 31.6 Å². The summed E-state index contributed by atoms with van der Waals surface area (Å²) in [5, 5.41) is 0. The molecule has 0 amide bonds. The zero-order chi connectivity index (χ0) is 12.7. The second-order valence-electron chi connectivity index (χ2n) is 6.45. The Balaban J connectivity index is 0. The van der Waals surface area contributed by atoms with Gasteiger partial charge in [-0.2, -0.15) is 0 Å². The van der Waals surface area contributed by atoms with Gasteiger partial charge in [-0.1, -0.05) is 65.3 Å². The fourth-order valence-electron chi connectivity index (χ4n) is 1.37. The second-order valence-corrected chi connectivity index (χ2v) is 6.45. The lowest BCUT2D eigenvalue weighted by Gasteiger charge is -2.11. The maximum atomic E-state index is 2.27.